The summed E-state index contributed by atoms with van der Waals surface area (Å²) >= 11 is 0. The standard InChI is InChI=1S/C22H31N5O/c1-16(2)12-27-14-19-20(24-27)22(15-25(4)21(19)28)8-10-26(11-9-22)13-18-7-5-6-17(3)23-18/h5-7,14,16H,8-13,15H2,1-4H3. The Morgan fingerprint density at radius 3 is 2.64 bits per heavy atom. The number of likely N-dealkylation sites (N-methyl/N-ethyl adjacent to an activating group) is 1. The zero-order chi connectivity index (χ0) is 19.9. The summed E-state index contributed by atoms with van der Waals surface area (Å²) in [6.45, 7) is 10.9. The lowest BCUT2D eigenvalue weighted by atomic mass is 9.72. The molecule has 4 heterocycles. The molecular weight excluding hydrogens is 350 g/mol. The molecule has 0 atom stereocenters. The molecular formula is C22H31N5O. The number of carbonyl (C=O) groups excluding carboxylic acids is 1. The van der Waals surface area contributed by atoms with Crippen LogP contribution in [-0.2, 0) is 18.5 Å². The molecule has 1 saturated heterocycles. The van der Waals surface area contributed by atoms with Gasteiger partial charge in [-0.2, -0.15) is 5.10 Å². The molecule has 2 aliphatic heterocycles. The minimum Gasteiger partial charge on any atom is -0.341 e. The average Bonchev–Trinajstić information content (AvgIpc) is 3.06. The van der Waals surface area contributed by atoms with Crippen LogP contribution in [0.4, 0.5) is 0 Å². The van der Waals surface area contributed by atoms with Crippen molar-refractivity contribution in [2.45, 2.75) is 52.1 Å². The molecule has 150 valence electrons. The van der Waals surface area contributed by atoms with E-state index in [1.54, 1.807) is 0 Å². The molecule has 1 fully saturated rings. The van der Waals surface area contributed by atoms with Crippen LogP contribution in [0.5, 0.6) is 0 Å². The van der Waals surface area contributed by atoms with Gasteiger partial charge in [0.25, 0.3) is 5.91 Å². The van der Waals surface area contributed by atoms with Crippen LogP contribution in [-0.4, -0.2) is 57.2 Å². The summed E-state index contributed by atoms with van der Waals surface area (Å²) in [6, 6.07) is 6.23. The summed E-state index contributed by atoms with van der Waals surface area (Å²) in [5.41, 5.74) is 4.02. The van der Waals surface area contributed by atoms with E-state index in [0.29, 0.717) is 5.92 Å². The second kappa shape index (κ2) is 7.32. The first-order chi connectivity index (χ1) is 13.4. The number of amides is 1. The van der Waals surface area contributed by atoms with E-state index >= 15 is 0 Å². The van der Waals surface area contributed by atoms with Crippen LogP contribution in [0.15, 0.2) is 24.4 Å². The molecule has 1 spiro atoms. The molecule has 0 radical (unpaired) electrons. The molecule has 0 bridgehead atoms. The number of pyridine rings is 1. The number of piperidine rings is 1. The van der Waals surface area contributed by atoms with Gasteiger partial charge in [0.05, 0.1) is 17.0 Å². The summed E-state index contributed by atoms with van der Waals surface area (Å²) in [5, 5.41) is 4.91. The van der Waals surface area contributed by atoms with Crippen LogP contribution in [0, 0.1) is 12.8 Å². The Morgan fingerprint density at radius 1 is 1.21 bits per heavy atom. The van der Waals surface area contributed by atoms with Gasteiger partial charge in [0.1, 0.15) is 0 Å². The smallest absolute Gasteiger partial charge is 0.257 e. The van der Waals surface area contributed by atoms with E-state index in [2.05, 4.69) is 35.9 Å². The van der Waals surface area contributed by atoms with Gasteiger partial charge in [-0.1, -0.05) is 19.9 Å². The molecule has 6 heteroatoms. The second-order valence-corrected chi connectivity index (χ2v) is 9.00. The Balaban J connectivity index is 1.53. The maximum atomic E-state index is 12.7. The fourth-order valence-electron chi connectivity index (χ4n) is 4.69. The van der Waals surface area contributed by atoms with Gasteiger partial charge in [-0.25, -0.2) is 0 Å². The van der Waals surface area contributed by atoms with Crippen molar-refractivity contribution in [3.63, 3.8) is 0 Å². The van der Waals surface area contributed by atoms with Crippen LogP contribution in [0.1, 0.15) is 54.1 Å². The van der Waals surface area contributed by atoms with Crippen molar-refractivity contribution in [3.8, 4) is 0 Å². The van der Waals surface area contributed by atoms with Gasteiger partial charge in [0, 0.05) is 44.0 Å². The third-order valence-electron chi connectivity index (χ3n) is 6.08. The van der Waals surface area contributed by atoms with E-state index in [1.165, 1.54) is 0 Å². The zero-order valence-corrected chi connectivity index (χ0v) is 17.5. The van der Waals surface area contributed by atoms with E-state index < -0.39 is 0 Å². The average molecular weight is 382 g/mol. The molecule has 28 heavy (non-hydrogen) atoms. The number of aromatic nitrogens is 3. The minimum atomic E-state index is -0.0171. The number of aryl methyl sites for hydroxylation is 1. The summed E-state index contributed by atoms with van der Waals surface area (Å²) in [7, 11) is 1.93. The predicted molar refractivity (Wildman–Crippen MR) is 109 cm³/mol. The van der Waals surface area contributed by atoms with Gasteiger partial charge < -0.3 is 4.90 Å². The zero-order valence-electron chi connectivity index (χ0n) is 17.5. The molecule has 0 saturated carbocycles. The minimum absolute atomic E-state index is 0.0171. The van der Waals surface area contributed by atoms with E-state index in [1.807, 2.05) is 35.8 Å². The van der Waals surface area contributed by atoms with Gasteiger partial charge in [-0.15, -0.1) is 0 Å². The molecule has 0 aromatic carbocycles. The van der Waals surface area contributed by atoms with Crippen LogP contribution < -0.4 is 0 Å². The van der Waals surface area contributed by atoms with Gasteiger partial charge in [-0.05, 0) is 50.9 Å². The molecule has 4 rings (SSSR count). The molecule has 6 nitrogen and oxygen atoms in total. The first-order valence-corrected chi connectivity index (χ1v) is 10.3. The Morgan fingerprint density at radius 2 is 1.96 bits per heavy atom. The highest BCUT2D eigenvalue weighted by Gasteiger charge is 2.46. The molecule has 1 amide bonds. The lowest BCUT2D eigenvalue weighted by Gasteiger charge is -2.45. The van der Waals surface area contributed by atoms with E-state index in [-0.39, 0.29) is 11.3 Å². The van der Waals surface area contributed by atoms with Crippen molar-refractivity contribution in [1.29, 1.82) is 0 Å². The van der Waals surface area contributed by atoms with Crippen LogP contribution in [0.3, 0.4) is 0 Å². The number of nitrogens with zero attached hydrogens (tertiary/aromatic N) is 5. The van der Waals surface area contributed by atoms with Crippen LogP contribution in [0.25, 0.3) is 0 Å². The maximum absolute atomic E-state index is 12.7. The van der Waals surface area contributed by atoms with Gasteiger partial charge in [0.2, 0.25) is 0 Å². The predicted octanol–water partition coefficient (Wildman–Crippen LogP) is 2.86. The first kappa shape index (κ1) is 19.1. The summed E-state index contributed by atoms with van der Waals surface area (Å²) in [6.07, 6.45) is 4.03. The van der Waals surface area contributed by atoms with Gasteiger partial charge in [-0.3, -0.25) is 19.4 Å². The SMILES string of the molecule is Cc1cccc(CN2CCC3(CC2)CN(C)C(=O)c2cn(CC(C)C)nc23)n1. The van der Waals surface area contributed by atoms with Crippen molar-refractivity contribution in [3.05, 3.63) is 47.0 Å². The lowest BCUT2D eigenvalue weighted by molar-refractivity contribution is 0.0627. The third kappa shape index (κ3) is 3.58. The van der Waals surface area contributed by atoms with Crippen molar-refractivity contribution in [1.82, 2.24) is 24.6 Å². The quantitative estimate of drug-likeness (QED) is 0.817. The Kier molecular flexibility index (Phi) is 5.00. The van der Waals surface area contributed by atoms with Crippen molar-refractivity contribution >= 4 is 5.91 Å². The van der Waals surface area contributed by atoms with Crippen LogP contribution >= 0.6 is 0 Å². The second-order valence-electron chi connectivity index (χ2n) is 9.00. The van der Waals surface area contributed by atoms with Gasteiger partial charge in [0.15, 0.2) is 0 Å². The summed E-state index contributed by atoms with van der Waals surface area (Å²) < 4.78 is 1.98. The highest BCUT2D eigenvalue weighted by Crippen LogP contribution is 2.40. The molecule has 0 N–H and O–H groups in total. The molecule has 2 aliphatic rings. The normalized spacial score (nSPS) is 19.5. The Labute approximate surface area is 167 Å². The Bertz CT molecular complexity index is 864. The Hall–Kier alpha value is -2.21. The lowest BCUT2D eigenvalue weighted by Crippen LogP contribution is -2.53. The fraction of sp³-hybridized carbons (Fsp3) is 0.591. The molecule has 2 aromatic heterocycles. The first-order valence-electron chi connectivity index (χ1n) is 10.3. The number of hydrogen-bond acceptors (Lipinski definition) is 4. The van der Waals surface area contributed by atoms with Crippen molar-refractivity contribution < 1.29 is 4.79 Å². The monoisotopic (exact) mass is 381 g/mol. The molecule has 2 aromatic rings. The number of hydrogen-bond donors (Lipinski definition) is 0. The molecule has 0 aliphatic carbocycles. The number of rotatable bonds is 4. The summed E-state index contributed by atoms with van der Waals surface area (Å²) in [4.78, 5) is 21.8. The fourth-order valence-corrected chi connectivity index (χ4v) is 4.69. The largest absolute Gasteiger partial charge is 0.341 e. The number of fused-ring (bicyclic) bond motifs is 2. The topological polar surface area (TPSA) is 54.3 Å². The van der Waals surface area contributed by atoms with E-state index in [0.717, 1.165) is 68.2 Å². The number of carbonyl (C=O) groups is 1. The van der Waals surface area contributed by atoms with Crippen LogP contribution in [0.2, 0.25) is 0 Å². The van der Waals surface area contributed by atoms with Gasteiger partial charge >= 0.3 is 0 Å². The third-order valence-corrected chi connectivity index (χ3v) is 6.08. The van der Waals surface area contributed by atoms with E-state index in [4.69, 9.17) is 5.10 Å². The number of likely N-dealkylation sites (tertiary alicyclic amines) is 1. The van der Waals surface area contributed by atoms with Crippen molar-refractivity contribution in [2.75, 3.05) is 26.7 Å². The maximum Gasteiger partial charge on any atom is 0.257 e. The highest BCUT2D eigenvalue weighted by atomic mass is 16.2. The highest BCUT2D eigenvalue weighted by molar-refractivity contribution is 5.96. The van der Waals surface area contributed by atoms with E-state index in [9.17, 15) is 4.79 Å². The van der Waals surface area contributed by atoms with Crippen molar-refractivity contribution in [2.24, 2.45) is 5.92 Å². The summed E-state index contributed by atoms with van der Waals surface area (Å²) in [5.74, 6) is 0.621. The molecule has 0 unspecified atom stereocenters.